The summed E-state index contributed by atoms with van der Waals surface area (Å²) >= 11 is 1.92. The molecule has 4 heteroatoms. The number of nitrogens with two attached hydrogens (primary N) is 1. The van der Waals surface area contributed by atoms with Crippen LogP contribution in [0, 0.1) is 5.82 Å². The number of rotatable bonds is 2. The molecular formula is C14H16FNOS. The standard InChI is InChI=1S/C14H16FNOS/c15-10-4-5-11-9(7-10)8-12(17-11)14(16)13-3-1-2-6-18-13/h4-5,7-8,13-14H,1-3,6,16H2. The van der Waals surface area contributed by atoms with Crippen molar-refractivity contribution < 1.29 is 8.81 Å². The lowest BCUT2D eigenvalue weighted by Crippen LogP contribution is -2.25. The van der Waals surface area contributed by atoms with Gasteiger partial charge >= 0.3 is 0 Å². The number of halogens is 1. The van der Waals surface area contributed by atoms with Crippen LogP contribution in [0.2, 0.25) is 0 Å². The van der Waals surface area contributed by atoms with E-state index in [9.17, 15) is 4.39 Å². The number of fused-ring (bicyclic) bond motifs is 1. The molecule has 1 aliphatic heterocycles. The van der Waals surface area contributed by atoms with Gasteiger partial charge in [0.15, 0.2) is 0 Å². The molecule has 0 amide bonds. The van der Waals surface area contributed by atoms with E-state index >= 15 is 0 Å². The molecule has 1 fully saturated rings. The van der Waals surface area contributed by atoms with Crippen LogP contribution in [0.25, 0.3) is 11.0 Å². The molecule has 0 bridgehead atoms. The summed E-state index contributed by atoms with van der Waals surface area (Å²) in [4.78, 5) is 0. The smallest absolute Gasteiger partial charge is 0.134 e. The highest BCUT2D eigenvalue weighted by Crippen LogP contribution is 2.35. The Kier molecular flexibility index (Phi) is 3.31. The van der Waals surface area contributed by atoms with Gasteiger partial charge in [-0.3, -0.25) is 0 Å². The van der Waals surface area contributed by atoms with Crippen LogP contribution in [0.4, 0.5) is 4.39 Å². The van der Waals surface area contributed by atoms with Gasteiger partial charge in [-0.05, 0) is 42.9 Å². The Labute approximate surface area is 110 Å². The summed E-state index contributed by atoms with van der Waals surface area (Å²) < 4.78 is 18.9. The van der Waals surface area contributed by atoms with E-state index in [0.717, 1.165) is 17.6 Å². The molecule has 96 valence electrons. The molecule has 3 rings (SSSR count). The molecule has 2 nitrogen and oxygen atoms in total. The third kappa shape index (κ3) is 2.27. The van der Waals surface area contributed by atoms with Gasteiger partial charge in [0.2, 0.25) is 0 Å². The minimum atomic E-state index is -0.240. The molecular weight excluding hydrogens is 249 g/mol. The maximum absolute atomic E-state index is 13.1. The fraction of sp³-hybridized carbons (Fsp3) is 0.429. The first-order valence-corrected chi connectivity index (χ1v) is 7.35. The number of thioether (sulfide) groups is 1. The van der Waals surface area contributed by atoms with Crippen LogP contribution < -0.4 is 5.73 Å². The van der Waals surface area contributed by atoms with E-state index in [4.69, 9.17) is 10.2 Å². The summed E-state index contributed by atoms with van der Waals surface area (Å²) in [6.07, 6.45) is 3.65. The Morgan fingerprint density at radius 1 is 1.33 bits per heavy atom. The first kappa shape index (κ1) is 12.1. The quantitative estimate of drug-likeness (QED) is 0.896. The number of furan rings is 1. The summed E-state index contributed by atoms with van der Waals surface area (Å²) in [7, 11) is 0. The lowest BCUT2D eigenvalue weighted by molar-refractivity contribution is 0.467. The van der Waals surface area contributed by atoms with Crippen LogP contribution in [-0.2, 0) is 0 Å². The second-order valence-electron chi connectivity index (χ2n) is 4.76. The molecule has 1 aromatic heterocycles. The zero-order valence-corrected chi connectivity index (χ0v) is 10.9. The second-order valence-corrected chi connectivity index (χ2v) is 6.11. The van der Waals surface area contributed by atoms with Crippen LogP contribution in [0.1, 0.15) is 31.1 Å². The number of hydrogen-bond acceptors (Lipinski definition) is 3. The average Bonchev–Trinajstić information content (AvgIpc) is 2.81. The van der Waals surface area contributed by atoms with Gasteiger partial charge < -0.3 is 10.2 Å². The largest absolute Gasteiger partial charge is 0.459 e. The van der Waals surface area contributed by atoms with Crippen LogP contribution in [0.3, 0.4) is 0 Å². The van der Waals surface area contributed by atoms with Crippen molar-refractivity contribution >= 4 is 22.7 Å². The van der Waals surface area contributed by atoms with E-state index < -0.39 is 0 Å². The summed E-state index contributed by atoms with van der Waals surface area (Å²) in [5.74, 6) is 1.71. The Balaban J connectivity index is 1.88. The lowest BCUT2D eigenvalue weighted by Gasteiger charge is -2.25. The molecule has 0 saturated carbocycles. The van der Waals surface area contributed by atoms with Gasteiger partial charge in [0, 0.05) is 10.6 Å². The van der Waals surface area contributed by atoms with E-state index in [1.165, 1.54) is 30.7 Å². The molecule has 2 atom stereocenters. The highest BCUT2D eigenvalue weighted by Gasteiger charge is 2.25. The van der Waals surface area contributed by atoms with Crippen molar-refractivity contribution in [1.29, 1.82) is 0 Å². The SMILES string of the molecule is NC(c1cc2cc(F)ccc2o1)C1CCCCS1. The molecule has 2 unspecified atom stereocenters. The molecule has 18 heavy (non-hydrogen) atoms. The van der Waals surface area contributed by atoms with Crippen molar-refractivity contribution in [3.63, 3.8) is 0 Å². The molecule has 0 spiro atoms. The van der Waals surface area contributed by atoms with Crippen molar-refractivity contribution in [3.8, 4) is 0 Å². The van der Waals surface area contributed by atoms with Crippen LogP contribution >= 0.6 is 11.8 Å². The normalized spacial score (nSPS) is 22.2. The van der Waals surface area contributed by atoms with Gasteiger partial charge in [0.05, 0.1) is 6.04 Å². The van der Waals surface area contributed by atoms with Crippen molar-refractivity contribution in [1.82, 2.24) is 0 Å². The monoisotopic (exact) mass is 265 g/mol. The van der Waals surface area contributed by atoms with E-state index in [-0.39, 0.29) is 11.9 Å². The fourth-order valence-corrected chi connectivity index (χ4v) is 3.78. The first-order valence-electron chi connectivity index (χ1n) is 6.30. The van der Waals surface area contributed by atoms with Crippen LogP contribution in [-0.4, -0.2) is 11.0 Å². The van der Waals surface area contributed by atoms with E-state index in [2.05, 4.69) is 0 Å². The molecule has 0 radical (unpaired) electrons. The Bertz CT molecular complexity index is 548. The van der Waals surface area contributed by atoms with Crippen molar-refractivity contribution in [3.05, 3.63) is 35.8 Å². The zero-order chi connectivity index (χ0) is 12.5. The number of hydrogen-bond donors (Lipinski definition) is 1. The first-order chi connectivity index (χ1) is 8.74. The summed E-state index contributed by atoms with van der Waals surface area (Å²) in [6, 6.07) is 6.35. The molecule has 2 aromatic rings. The van der Waals surface area contributed by atoms with Gasteiger partial charge in [-0.1, -0.05) is 6.42 Å². The van der Waals surface area contributed by atoms with Crippen LogP contribution in [0.5, 0.6) is 0 Å². The third-order valence-corrected chi connectivity index (χ3v) is 4.92. The van der Waals surface area contributed by atoms with Crippen molar-refractivity contribution in [2.45, 2.75) is 30.6 Å². The molecule has 1 aromatic carbocycles. The minimum absolute atomic E-state index is 0.0919. The Morgan fingerprint density at radius 3 is 3.00 bits per heavy atom. The maximum Gasteiger partial charge on any atom is 0.134 e. The van der Waals surface area contributed by atoms with Gasteiger partial charge in [-0.25, -0.2) is 4.39 Å². The third-order valence-electron chi connectivity index (χ3n) is 3.44. The Hall–Kier alpha value is -1.000. The predicted octanol–water partition coefficient (Wildman–Crippen LogP) is 3.86. The predicted molar refractivity (Wildman–Crippen MR) is 73.2 cm³/mol. The van der Waals surface area contributed by atoms with Crippen molar-refractivity contribution in [2.75, 3.05) is 5.75 Å². The van der Waals surface area contributed by atoms with Gasteiger partial charge in [0.25, 0.3) is 0 Å². The Morgan fingerprint density at radius 2 is 2.22 bits per heavy atom. The molecule has 1 aliphatic rings. The molecule has 2 heterocycles. The molecule has 2 N–H and O–H groups in total. The minimum Gasteiger partial charge on any atom is -0.459 e. The highest BCUT2D eigenvalue weighted by molar-refractivity contribution is 8.00. The van der Waals surface area contributed by atoms with E-state index in [0.29, 0.717) is 10.8 Å². The second kappa shape index (κ2) is 4.94. The lowest BCUT2D eigenvalue weighted by atomic mass is 10.1. The average molecular weight is 265 g/mol. The van der Waals surface area contributed by atoms with Gasteiger partial charge in [0.1, 0.15) is 17.2 Å². The van der Waals surface area contributed by atoms with Gasteiger partial charge in [-0.15, -0.1) is 0 Å². The molecule has 1 saturated heterocycles. The van der Waals surface area contributed by atoms with E-state index in [1.807, 2.05) is 17.8 Å². The molecule has 0 aliphatic carbocycles. The summed E-state index contributed by atoms with van der Waals surface area (Å²) in [5.41, 5.74) is 6.97. The van der Waals surface area contributed by atoms with Crippen molar-refractivity contribution in [2.24, 2.45) is 5.73 Å². The van der Waals surface area contributed by atoms with E-state index in [1.54, 1.807) is 6.07 Å². The van der Waals surface area contributed by atoms with Crippen LogP contribution in [0.15, 0.2) is 28.7 Å². The van der Waals surface area contributed by atoms with Gasteiger partial charge in [-0.2, -0.15) is 11.8 Å². The number of benzene rings is 1. The summed E-state index contributed by atoms with van der Waals surface area (Å²) in [6.45, 7) is 0. The topological polar surface area (TPSA) is 39.2 Å². The summed E-state index contributed by atoms with van der Waals surface area (Å²) in [5, 5.41) is 1.21. The fourth-order valence-electron chi connectivity index (χ4n) is 2.43. The maximum atomic E-state index is 13.1. The zero-order valence-electron chi connectivity index (χ0n) is 10.1. The highest BCUT2D eigenvalue weighted by atomic mass is 32.2.